The number of aromatic hydroxyl groups is 1. The Balaban J connectivity index is 0.00000256. The molecule has 0 saturated heterocycles. The Morgan fingerprint density at radius 3 is 1.47 bits per heavy atom. The van der Waals surface area contributed by atoms with Crippen LogP contribution < -0.4 is 37.6 Å². The van der Waals surface area contributed by atoms with Crippen LogP contribution in [0.3, 0.4) is 0 Å². The van der Waals surface area contributed by atoms with Crippen molar-refractivity contribution in [2.24, 2.45) is 0 Å². The molecule has 0 aliphatic heterocycles. The molecule has 0 atom stereocenters. The van der Waals surface area contributed by atoms with Crippen LogP contribution in [0.25, 0.3) is 0 Å². The minimum Gasteiger partial charge on any atom is -1.00 e. The van der Waals surface area contributed by atoms with E-state index in [2.05, 4.69) is 91.0 Å². The van der Waals surface area contributed by atoms with Crippen molar-refractivity contribution >= 4 is 23.2 Å². The fourth-order valence-corrected chi connectivity index (χ4v) is 8.09. The minimum atomic E-state index is -2.03. The summed E-state index contributed by atoms with van der Waals surface area (Å²) in [5.41, 5.74) is 0.927. The molecule has 0 aliphatic carbocycles. The number of benzene rings is 4. The van der Waals surface area contributed by atoms with E-state index in [0.717, 1.165) is 11.7 Å². The van der Waals surface area contributed by atoms with Crippen LogP contribution in [-0.4, -0.2) is 12.2 Å². The normalized spacial score (nSPS) is 10.8. The second kappa shape index (κ2) is 9.93. The largest absolute Gasteiger partial charge is 1.00 e. The highest BCUT2D eigenvalue weighted by molar-refractivity contribution is 7.95. The van der Waals surface area contributed by atoms with E-state index in [9.17, 15) is 5.11 Å². The zero-order valence-electron chi connectivity index (χ0n) is 16.8. The molecule has 4 aromatic rings. The average Bonchev–Trinajstić information content (AvgIpc) is 2.80. The summed E-state index contributed by atoms with van der Waals surface area (Å²) >= 11 is 0. The molecule has 4 rings (SSSR count). The van der Waals surface area contributed by atoms with Crippen molar-refractivity contribution in [1.82, 2.24) is 0 Å². The van der Waals surface area contributed by atoms with E-state index in [4.69, 9.17) is 4.74 Å². The lowest BCUT2D eigenvalue weighted by Gasteiger charge is -2.28. The maximum Gasteiger partial charge on any atom is 0.126 e. The summed E-state index contributed by atoms with van der Waals surface area (Å²) in [7, 11) is -0.412. The summed E-state index contributed by atoms with van der Waals surface area (Å²) in [6.07, 6.45) is 0.737. The van der Waals surface area contributed by atoms with Gasteiger partial charge in [0.2, 0.25) is 0 Å². The van der Waals surface area contributed by atoms with Crippen LogP contribution in [0.4, 0.5) is 0 Å². The molecule has 1 N–H and O–H groups in total. The maximum atomic E-state index is 10.8. The van der Waals surface area contributed by atoms with Crippen molar-refractivity contribution in [2.45, 2.75) is 6.16 Å². The van der Waals surface area contributed by atoms with Gasteiger partial charge >= 0.3 is 0 Å². The van der Waals surface area contributed by atoms with Gasteiger partial charge in [0.15, 0.2) is 0 Å². The molecule has 0 aliphatic rings. The molecule has 0 unspecified atom stereocenters. The van der Waals surface area contributed by atoms with Gasteiger partial charge in [-0.15, -0.1) is 0 Å². The zero-order chi connectivity index (χ0) is 20.1. The highest BCUT2D eigenvalue weighted by atomic mass is 79.9. The number of methoxy groups -OCH3 is 1. The van der Waals surface area contributed by atoms with Crippen LogP contribution in [0.15, 0.2) is 109 Å². The van der Waals surface area contributed by atoms with Crippen LogP contribution in [0.2, 0.25) is 0 Å². The first-order chi connectivity index (χ1) is 14.2. The summed E-state index contributed by atoms with van der Waals surface area (Å²) in [6, 6.07) is 37.7. The lowest BCUT2D eigenvalue weighted by molar-refractivity contribution is -0.00000700. The van der Waals surface area contributed by atoms with Gasteiger partial charge in [-0.05, 0) is 48.5 Å². The lowest BCUT2D eigenvalue weighted by atomic mass is 10.2. The van der Waals surface area contributed by atoms with E-state index in [1.54, 1.807) is 13.2 Å². The number of rotatable bonds is 6. The summed E-state index contributed by atoms with van der Waals surface area (Å²) in [6.45, 7) is 0. The molecule has 30 heavy (non-hydrogen) atoms. The first-order valence-electron chi connectivity index (χ1n) is 9.65. The topological polar surface area (TPSA) is 29.5 Å². The second-order valence-corrected chi connectivity index (χ2v) is 10.5. The number of halogens is 1. The first kappa shape index (κ1) is 22.1. The van der Waals surface area contributed by atoms with Gasteiger partial charge < -0.3 is 26.8 Å². The first-order valence-corrected chi connectivity index (χ1v) is 11.6. The third-order valence-electron chi connectivity index (χ3n) is 5.29. The standard InChI is InChI=1S/C26H23O2P.BrH/c1-28-22-18-17-21(26(27)19-22)20-29(23-11-5-2-6-12-23,24-13-7-3-8-14-24)25-15-9-4-10-16-25;/h2-19H,20H2,1H3;1H. The zero-order valence-corrected chi connectivity index (χ0v) is 19.3. The van der Waals surface area contributed by atoms with Gasteiger partial charge in [0.05, 0.1) is 7.11 Å². The molecule has 0 bridgehead atoms. The van der Waals surface area contributed by atoms with Gasteiger partial charge in [0.25, 0.3) is 0 Å². The molecule has 4 heteroatoms. The SMILES string of the molecule is COc1ccc(C[P+](c2ccccc2)(c2ccccc2)c2ccccc2)c(O)c1.[Br-]. The molecule has 0 fully saturated rings. The molecule has 0 spiro atoms. The van der Waals surface area contributed by atoms with Crippen LogP contribution in [0, 0.1) is 0 Å². The number of hydrogen-bond acceptors (Lipinski definition) is 2. The molecule has 2 nitrogen and oxygen atoms in total. The van der Waals surface area contributed by atoms with E-state index in [0.29, 0.717) is 5.75 Å². The number of phenols is 1. The predicted molar refractivity (Wildman–Crippen MR) is 124 cm³/mol. The summed E-state index contributed by atoms with van der Waals surface area (Å²) < 4.78 is 5.28. The molecule has 152 valence electrons. The summed E-state index contributed by atoms with van der Waals surface area (Å²) in [4.78, 5) is 0. The number of hydrogen-bond donors (Lipinski definition) is 1. The third-order valence-corrected chi connectivity index (χ3v) is 9.64. The quantitative estimate of drug-likeness (QED) is 0.429. The van der Waals surface area contributed by atoms with Crippen LogP contribution >= 0.6 is 7.26 Å². The Hall–Kier alpha value is -2.61. The van der Waals surface area contributed by atoms with E-state index < -0.39 is 7.26 Å². The molecule has 4 aromatic carbocycles. The second-order valence-electron chi connectivity index (χ2n) is 6.97. The van der Waals surface area contributed by atoms with Gasteiger partial charge in [0.1, 0.15) is 40.8 Å². The molecular weight excluding hydrogens is 455 g/mol. The maximum absolute atomic E-state index is 10.8. The Morgan fingerprint density at radius 1 is 0.667 bits per heavy atom. The highest BCUT2D eigenvalue weighted by Gasteiger charge is 2.45. The average molecular weight is 479 g/mol. The van der Waals surface area contributed by atoms with Crippen LogP contribution in [-0.2, 0) is 6.16 Å². The fraction of sp³-hybridized carbons (Fsp3) is 0.0769. The monoisotopic (exact) mass is 478 g/mol. The number of ether oxygens (including phenoxy) is 1. The van der Waals surface area contributed by atoms with Gasteiger partial charge in [-0.3, -0.25) is 0 Å². The smallest absolute Gasteiger partial charge is 0.126 e. The third kappa shape index (κ3) is 4.28. The Morgan fingerprint density at radius 2 is 1.10 bits per heavy atom. The van der Waals surface area contributed by atoms with Crippen LogP contribution in [0.1, 0.15) is 5.56 Å². The Bertz CT molecular complexity index is 973. The van der Waals surface area contributed by atoms with E-state index >= 15 is 0 Å². The van der Waals surface area contributed by atoms with Gasteiger partial charge in [-0.1, -0.05) is 54.6 Å². The molecule has 0 radical (unpaired) electrons. The van der Waals surface area contributed by atoms with Crippen LogP contribution in [0.5, 0.6) is 11.5 Å². The lowest BCUT2D eigenvalue weighted by Crippen LogP contribution is -3.00. The Labute approximate surface area is 189 Å². The van der Waals surface area contributed by atoms with E-state index in [1.165, 1.54) is 15.9 Å². The molecule has 0 saturated carbocycles. The predicted octanol–water partition coefficient (Wildman–Crippen LogP) is 1.90. The molecule has 0 heterocycles. The van der Waals surface area contributed by atoms with Crippen molar-refractivity contribution in [2.75, 3.05) is 7.11 Å². The van der Waals surface area contributed by atoms with Gasteiger partial charge in [-0.25, -0.2) is 0 Å². The summed E-state index contributed by atoms with van der Waals surface area (Å²) in [5, 5.41) is 14.7. The Kier molecular flexibility index (Phi) is 7.31. The van der Waals surface area contributed by atoms with E-state index in [-0.39, 0.29) is 22.7 Å². The summed E-state index contributed by atoms with van der Waals surface area (Å²) in [5.74, 6) is 0.936. The van der Waals surface area contributed by atoms with E-state index in [1.807, 2.05) is 12.1 Å². The highest BCUT2D eigenvalue weighted by Crippen LogP contribution is 2.59. The van der Waals surface area contributed by atoms with Crippen molar-refractivity contribution < 1.29 is 26.8 Å². The van der Waals surface area contributed by atoms with Gasteiger partial charge in [-0.2, -0.15) is 0 Å². The van der Waals surface area contributed by atoms with Gasteiger partial charge in [0, 0.05) is 11.6 Å². The minimum absolute atomic E-state index is 0. The molecular formula is C26H24BrO2P. The van der Waals surface area contributed by atoms with Crippen molar-refractivity contribution in [3.63, 3.8) is 0 Å². The van der Waals surface area contributed by atoms with Crippen molar-refractivity contribution in [3.05, 3.63) is 115 Å². The van der Waals surface area contributed by atoms with Crippen molar-refractivity contribution in [1.29, 1.82) is 0 Å². The fourth-order valence-electron chi connectivity index (χ4n) is 3.83. The number of phenolic OH excluding ortho intramolecular Hbond substituents is 1. The molecule has 0 amide bonds. The van der Waals surface area contributed by atoms with Crippen molar-refractivity contribution in [3.8, 4) is 11.5 Å². The molecule has 0 aromatic heterocycles.